The van der Waals surface area contributed by atoms with Gasteiger partial charge in [-0.25, -0.2) is 9.67 Å². The number of methoxy groups -OCH3 is 2. The number of thioether (sulfide) groups is 1. The third-order valence-electron chi connectivity index (χ3n) is 4.99. The van der Waals surface area contributed by atoms with Gasteiger partial charge in [-0.15, -0.1) is 5.10 Å². The standard InChI is InChI=1S/C22H21N5O3S/c1-28-17-11-10-15(12-18(17)29-2)20-23-19(30-26-20)13-31-22-24-21(14-8-9-14)27(25-22)16-6-4-3-5-7-16/h3-7,10-12,14H,8-9,13H2,1-2H3. The number of hydrogen-bond donors (Lipinski definition) is 0. The maximum Gasteiger partial charge on any atom is 0.237 e. The third-order valence-corrected chi connectivity index (χ3v) is 5.81. The molecule has 0 unspecified atom stereocenters. The number of benzene rings is 2. The van der Waals surface area contributed by atoms with Gasteiger partial charge in [0, 0.05) is 11.5 Å². The molecule has 0 N–H and O–H groups in total. The second-order valence-corrected chi connectivity index (χ2v) is 8.09. The van der Waals surface area contributed by atoms with Gasteiger partial charge in [-0.1, -0.05) is 35.1 Å². The van der Waals surface area contributed by atoms with E-state index in [0.717, 1.165) is 29.9 Å². The molecule has 0 spiro atoms. The Hall–Kier alpha value is -3.33. The van der Waals surface area contributed by atoms with Crippen LogP contribution in [0, 0.1) is 0 Å². The normalized spacial score (nSPS) is 13.4. The number of nitrogens with zero attached hydrogens (tertiary/aromatic N) is 5. The predicted octanol–water partition coefficient (Wildman–Crippen LogP) is 4.50. The summed E-state index contributed by atoms with van der Waals surface area (Å²) in [4.78, 5) is 9.27. The molecule has 158 valence electrons. The summed E-state index contributed by atoms with van der Waals surface area (Å²) >= 11 is 1.49. The molecule has 1 saturated carbocycles. The van der Waals surface area contributed by atoms with E-state index in [4.69, 9.17) is 24.1 Å². The first-order valence-electron chi connectivity index (χ1n) is 9.95. The predicted molar refractivity (Wildman–Crippen MR) is 116 cm³/mol. The Morgan fingerprint density at radius 1 is 1.03 bits per heavy atom. The van der Waals surface area contributed by atoms with Crippen molar-refractivity contribution >= 4 is 11.8 Å². The lowest BCUT2D eigenvalue weighted by atomic mass is 10.2. The van der Waals surface area contributed by atoms with Crippen molar-refractivity contribution in [1.82, 2.24) is 24.9 Å². The molecule has 0 radical (unpaired) electrons. The van der Waals surface area contributed by atoms with Crippen LogP contribution in [0.25, 0.3) is 17.1 Å². The molecule has 4 aromatic rings. The summed E-state index contributed by atoms with van der Waals surface area (Å²) in [6, 6.07) is 15.6. The van der Waals surface area contributed by atoms with Gasteiger partial charge in [-0.05, 0) is 43.2 Å². The zero-order valence-electron chi connectivity index (χ0n) is 17.2. The van der Waals surface area contributed by atoms with Crippen LogP contribution in [-0.2, 0) is 5.75 Å². The largest absolute Gasteiger partial charge is 0.493 e. The first-order valence-corrected chi connectivity index (χ1v) is 10.9. The zero-order chi connectivity index (χ0) is 21.2. The van der Waals surface area contributed by atoms with Crippen molar-refractivity contribution in [2.24, 2.45) is 0 Å². The molecule has 31 heavy (non-hydrogen) atoms. The second kappa shape index (κ2) is 8.43. The fraction of sp³-hybridized carbons (Fsp3) is 0.273. The highest BCUT2D eigenvalue weighted by molar-refractivity contribution is 7.98. The highest BCUT2D eigenvalue weighted by Gasteiger charge is 2.30. The summed E-state index contributed by atoms with van der Waals surface area (Å²) in [5.41, 5.74) is 1.82. The lowest BCUT2D eigenvalue weighted by Crippen LogP contribution is -2.01. The number of ether oxygens (including phenoxy) is 2. The topological polar surface area (TPSA) is 88.1 Å². The van der Waals surface area contributed by atoms with Crippen LogP contribution >= 0.6 is 11.8 Å². The first kappa shape index (κ1) is 19.6. The van der Waals surface area contributed by atoms with E-state index in [1.165, 1.54) is 11.8 Å². The van der Waals surface area contributed by atoms with Crippen molar-refractivity contribution in [3.8, 4) is 28.6 Å². The van der Waals surface area contributed by atoms with Crippen LogP contribution < -0.4 is 9.47 Å². The molecule has 2 aromatic carbocycles. The first-order chi connectivity index (χ1) is 15.2. The molecule has 0 aliphatic heterocycles. The van der Waals surface area contributed by atoms with Gasteiger partial charge >= 0.3 is 0 Å². The smallest absolute Gasteiger partial charge is 0.237 e. The summed E-state index contributed by atoms with van der Waals surface area (Å²) in [7, 11) is 3.19. The van der Waals surface area contributed by atoms with E-state index in [9.17, 15) is 0 Å². The molecular weight excluding hydrogens is 414 g/mol. The summed E-state index contributed by atoms with van der Waals surface area (Å²) in [6.45, 7) is 0. The second-order valence-electron chi connectivity index (χ2n) is 7.14. The Labute approximate surface area is 183 Å². The van der Waals surface area contributed by atoms with E-state index in [1.807, 2.05) is 53.2 Å². The summed E-state index contributed by atoms with van der Waals surface area (Å²) in [5.74, 6) is 4.27. The van der Waals surface area contributed by atoms with Crippen LogP contribution in [0.3, 0.4) is 0 Å². The van der Waals surface area contributed by atoms with Crippen molar-refractivity contribution in [1.29, 1.82) is 0 Å². The van der Waals surface area contributed by atoms with Crippen LogP contribution in [0.4, 0.5) is 0 Å². The molecule has 8 nitrogen and oxygen atoms in total. The number of aromatic nitrogens is 5. The molecule has 2 aromatic heterocycles. The van der Waals surface area contributed by atoms with Crippen LogP contribution in [0.5, 0.6) is 11.5 Å². The van der Waals surface area contributed by atoms with Gasteiger partial charge in [-0.2, -0.15) is 4.98 Å². The SMILES string of the molecule is COc1ccc(-c2noc(CSc3nc(C4CC4)n(-c4ccccc4)n3)n2)cc1OC. The average Bonchev–Trinajstić information content (AvgIpc) is 3.40. The molecule has 0 saturated heterocycles. The van der Waals surface area contributed by atoms with Crippen molar-refractivity contribution in [3.63, 3.8) is 0 Å². The summed E-state index contributed by atoms with van der Waals surface area (Å²) in [6.07, 6.45) is 2.32. The minimum atomic E-state index is 0.488. The Morgan fingerprint density at radius 3 is 2.58 bits per heavy atom. The molecule has 1 aliphatic carbocycles. The van der Waals surface area contributed by atoms with Crippen LogP contribution in [0.2, 0.25) is 0 Å². The lowest BCUT2D eigenvalue weighted by Gasteiger charge is -2.07. The van der Waals surface area contributed by atoms with Gasteiger partial charge in [0.1, 0.15) is 5.82 Å². The van der Waals surface area contributed by atoms with Crippen molar-refractivity contribution in [3.05, 3.63) is 60.2 Å². The minimum absolute atomic E-state index is 0.488. The van der Waals surface area contributed by atoms with E-state index in [1.54, 1.807) is 14.2 Å². The van der Waals surface area contributed by atoms with Gasteiger partial charge in [-0.3, -0.25) is 0 Å². The fourth-order valence-electron chi connectivity index (χ4n) is 3.26. The summed E-state index contributed by atoms with van der Waals surface area (Å²) in [5, 5.41) is 9.51. The Morgan fingerprint density at radius 2 is 1.84 bits per heavy atom. The molecule has 1 fully saturated rings. The van der Waals surface area contributed by atoms with E-state index in [0.29, 0.717) is 40.0 Å². The van der Waals surface area contributed by atoms with Crippen molar-refractivity contribution in [2.45, 2.75) is 29.7 Å². The quantitative estimate of drug-likeness (QED) is 0.374. The van der Waals surface area contributed by atoms with Crippen LogP contribution in [-0.4, -0.2) is 39.1 Å². The molecular formula is C22H21N5O3S. The monoisotopic (exact) mass is 435 g/mol. The van der Waals surface area contributed by atoms with Crippen LogP contribution in [0.1, 0.15) is 30.5 Å². The molecule has 0 atom stereocenters. The van der Waals surface area contributed by atoms with Crippen molar-refractivity contribution in [2.75, 3.05) is 14.2 Å². The van der Waals surface area contributed by atoms with Gasteiger partial charge < -0.3 is 14.0 Å². The van der Waals surface area contributed by atoms with E-state index >= 15 is 0 Å². The molecule has 1 aliphatic rings. The number of hydrogen-bond acceptors (Lipinski definition) is 8. The molecule has 0 bridgehead atoms. The fourth-order valence-corrected chi connectivity index (χ4v) is 3.93. The van der Waals surface area contributed by atoms with Gasteiger partial charge in [0.25, 0.3) is 0 Å². The van der Waals surface area contributed by atoms with E-state index in [-0.39, 0.29) is 0 Å². The van der Waals surface area contributed by atoms with Gasteiger partial charge in [0.2, 0.25) is 16.9 Å². The Balaban J connectivity index is 1.32. The number of rotatable bonds is 8. The zero-order valence-corrected chi connectivity index (χ0v) is 18.0. The third kappa shape index (κ3) is 4.13. The van der Waals surface area contributed by atoms with E-state index < -0.39 is 0 Å². The highest BCUT2D eigenvalue weighted by Crippen LogP contribution is 2.40. The van der Waals surface area contributed by atoms with E-state index in [2.05, 4.69) is 10.1 Å². The van der Waals surface area contributed by atoms with Crippen molar-refractivity contribution < 1.29 is 14.0 Å². The summed E-state index contributed by atoms with van der Waals surface area (Å²) < 4.78 is 18.0. The average molecular weight is 436 g/mol. The lowest BCUT2D eigenvalue weighted by molar-refractivity contribution is 0.355. The highest BCUT2D eigenvalue weighted by atomic mass is 32.2. The molecule has 2 heterocycles. The Kier molecular flexibility index (Phi) is 5.33. The Bertz CT molecular complexity index is 1190. The minimum Gasteiger partial charge on any atom is -0.493 e. The van der Waals surface area contributed by atoms with Gasteiger partial charge in [0.05, 0.1) is 25.7 Å². The maximum atomic E-state index is 5.44. The maximum absolute atomic E-state index is 5.44. The van der Waals surface area contributed by atoms with Gasteiger partial charge in [0.15, 0.2) is 11.5 Å². The molecule has 5 rings (SSSR count). The van der Waals surface area contributed by atoms with Crippen LogP contribution in [0.15, 0.2) is 58.2 Å². The molecule has 9 heteroatoms. The number of para-hydroxylation sites is 1. The molecule has 0 amide bonds.